The molecule has 0 aromatic heterocycles. The quantitative estimate of drug-likeness (QED) is 0.229. The molecule has 4 amide bonds. The van der Waals surface area contributed by atoms with Crippen LogP contribution in [0.5, 0.6) is 11.5 Å². The van der Waals surface area contributed by atoms with E-state index in [4.69, 9.17) is 21.1 Å². The van der Waals surface area contributed by atoms with E-state index in [0.717, 1.165) is 16.0 Å². The van der Waals surface area contributed by atoms with Gasteiger partial charge in [-0.25, -0.2) is 9.69 Å². The van der Waals surface area contributed by atoms with Crippen LogP contribution in [0.15, 0.2) is 66.2 Å². The van der Waals surface area contributed by atoms with E-state index in [1.54, 1.807) is 42.5 Å². The Hall–Kier alpha value is -3.37. The number of barbiturate groups is 1. The molecule has 9 heteroatoms. The maximum absolute atomic E-state index is 13.1. The lowest BCUT2D eigenvalue weighted by molar-refractivity contribution is -0.122. The lowest BCUT2D eigenvalue weighted by Gasteiger charge is -2.26. The van der Waals surface area contributed by atoms with Gasteiger partial charge in [-0.3, -0.25) is 14.9 Å². The van der Waals surface area contributed by atoms with Gasteiger partial charge in [0.2, 0.25) is 0 Å². The fraction of sp³-hybridized carbons (Fsp3) is 0.115. The second-order valence-electron chi connectivity index (χ2n) is 7.75. The monoisotopic (exact) mass is 602 g/mol. The number of aryl methyl sites for hydroxylation is 1. The molecular formula is C26H20ClIN2O5. The van der Waals surface area contributed by atoms with Gasteiger partial charge in [0, 0.05) is 5.02 Å². The smallest absolute Gasteiger partial charge is 0.335 e. The summed E-state index contributed by atoms with van der Waals surface area (Å²) in [5.41, 5.74) is 2.61. The summed E-state index contributed by atoms with van der Waals surface area (Å²) in [4.78, 5) is 39.0. The highest BCUT2D eigenvalue weighted by molar-refractivity contribution is 14.1. The summed E-state index contributed by atoms with van der Waals surface area (Å²) in [7, 11) is 1.50. The van der Waals surface area contributed by atoms with Gasteiger partial charge in [0.15, 0.2) is 11.5 Å². The van der Waals surface area contributed by atoms with Gasteiger partial charge in [-0.2, -0.15) is 0 Å². The lowest BCUT2D eigenvalue weighted by Crippen LogP contribution is -2.54. The van der Waals surface area contributed by atoms with Gasteiger partial charge in [-0.05, 0) is 83.1 Å². The fourth-order valence-electron chi connectivity index (χ4n) is 3.50. The third-order valence-electron chi connectivity index (χ3n) is 5.23. The highest BCUT2D eigenvalue weighted by Crippen LogP contribution is 2.35. The zero-order chi connectivity index (χ0) is 25.1. The molecule has 178 valence electrons. The number of rotatable bonds is 6. The van der Waals surface area contributed by atoms with E-state index in [2.05, 4.69) is 27.9 Å². The topological polar surface area (TPSA) is 84.9 Å². The summed E-state index contributed by atoms with van der Waals surface area (Å²) in [6, 6.07) is 16.8. The highest BCUT2D eigenvalue weighted by atomic mass is 127. The zero-order valence-electron chi connectivity index (χ0n) is 18.8. The average molecular weight is 603 g/mol. The van der Waals surface area contributed by atoms with Crippen LogP contribution in [-0.2, 0) is 16.2 Å². The summed E-state index contributed by atoms with van der Waals surface area (Å²) < 4.78 is 12.2. The van der Waals surface area contributed by atoms with Crippen LogP contribution >= 0.6 is 34.2 Å². The molecule has 0 aliphatic carbocycles. The van der Waals surface area contributed by atoms with E-state index >= 15 is 0 Å². The summed E-state index contributed by atoms with van der Waals surface area (Å²) in [5.74, 6) is -0.525. The van der Waals surface area contributed by atoms with Crippen molar-refractivity contribution < 1.29 is 23.9 Å². The average Bonchev–Trinajstić information content (AvgIpc) is 2.82. The molecular weight excluding hydrogens is 583 g/mol. The SMILES string of the molecule is COc1cc(/C=C2\C(=O)NC(=O)N(c3ccc(C)cc3)C2=O)cc(I)c1OCc1cccc(Cl)c1. The van der Waals surface area contributed by atoms with Crippen LogP contribution in [0, 0.1) is 10.5 Å². The highest BCUT2D eigenvalue weighted by Gasteiger charge is 2.36. The lowest BCUT2D eigenvalue weighted by atomic mass is 10.1. The molecule has 1 aliphatic heterocycles. The van der Waals surface area contributed by atoms with E-state index in [1.807, 2.05) is 25.1 Å². The van der Waals surface area contributed by atoms with Crippen LogP contribution < -0.4 is 19.7 Å². The molecule has 3 aromatic rings. The van der Waals surface area contributed by atoms with Crippen LogP contribution in [0.25, 0.3) is 6.08 Å². The van der Waals surface area contributed by atoms with E-state index in [9.17, 15) is 14.4 Å². The summed E-state index contributed by atoms with van der Waals surface area (Å²) in [5, 5.41) is 2.85. The van der Waals surface area contributed by atoms with Crippen molar-refractivity contribution in [1.82, 2.24) is 5.32 Å². The number of anilines is 1. The fourth-order valence-corrected chi connectivity index (χ4v) is 4.49. The summed E-state index contributed by atoms with van der Waals surface area (Å²) in [6.45, 7) is 2.18. The molecule has 1 heterocycles. The molecule has 0 spiro atoms. The van der Waals surface area contributed by atoms with Crippen molar-refractivity contribution in [2.75, 3.05) is 12.0 Å². The van der Waals surface area contributed by atoms with E-state index in [1.165, 1.54) is 13.2 Å². The largest absolute Gasteiger partial charge is 0.493 e. The number of hydrogen-bond donors (Lipinski definition) is 1. The first kappa shape index (κ1) is 24.7. The Morgan fingerprint density at radius 3 is 2.49 bits per heavy atom. The molecule has 0 saturated carbocycles. The molecule has 0 bridgehead atoms. The Kier molecular flexibility index (Phi) is 7.42. The second-order valence-corrected chi connectivity index (χ2v) is 9.34. The van der Waals surface area contributed by atoms with Crippen molar-refractivity contribution in [2.24, 2.45) is 0 Å². The van der Waals surface area contributed by atoms with Crippen LogP contribution in [0.1, 0.15) is 16.7 Å². The number of ether oxygens (including phenoxy) is 2. The number of carbonyl (C=O) groups is 3. The molecule has 0 atom stereocenters. The molecule has 1 fully saturated rings. The number of nitrogens with one attached hydrogen (secondary N) is 1. The van der Waals surface area contributed by atoms with Crippen LogP contribution in [0.4, 0.5) is 10.5 Å². The number of carbonyl (C=O) groups excluding carboxylic acids is 3. The van der Waals surface area contributed by atoms with Crippen molar-refractivity contribution in [1.29, 1.82) is 0 Å². The van der Waals surface area contributed by atoms with Gasteiger partial charge < -0.3 is 9.47 Å². The predicted molar refractivity (Wildman–Crippen MR) is 142 cm³/mol. The van der Waals surface area contributed by atoms with Gasteiger partial charge in [-0.1, -0.05) is 41.4 Å². The second kappa shape index (κ2) is 10.5. The first-order chi connectivity index (χ1) is 16.8. The van der Waals surface area contributed by atoms with Gasteiger partial charge >= 0.3 is 6.03 Å². The van der Waals surface area contributed by atoms with Crippen molar-refractivity contribution >= 4 is 63.8 Å². The Labute approximate surface area is 220 Å². The van der Waals surface area contributed by atoms with Crippen LogP contribution in [-0.4, -0.2) is 25.0 Å². The molecule has 35 heavy (non-hydrogen) atoms. The molecule has 1 saturated heterocycles. The van der Waals surface area contributed by atoms with Crippen molar-refractivity contribution in [3.05, 3.63) is 91.5 Å². The molecule has 4 rings (SSSR count). The zero-order valence-corrected chi connectivity index (χ0v) is 21.7. The molecule has 1 N–H and O–H groups in total. The van der Waals surface area contributed by atoms with Gasteiger partial charge in [0.25, 0.3) is 11.8 Å². The molecule has 3 aromatic carbocycles. The molecule has 1 aliphatic rings. The van der Waals surface area contributed by atoms with Gasteiger partial charge in [-0.15, -0.1) is 0 Å². The minimum atomic E-state index is -0.794. The maximum atomic E-state index is 13.1. The molecule has 7 nitrogen and oxygen atoms in total. The number of imide groups is 2. The van der Waals surface area contributed by atoms with Crippen molar-refractivity contribution in [3.8, 4) is 11.5 Å². The van der Waals surface area contributed by atoms with Gasteiger partial charge in [0.05, 0.1) is 16.4 Å². The third-order valence-corrected chi connectivity index (χ3v) is 6.27. The van der Waals surface area contributed by atoms with Crippen molar-refractivity contribution in [2.45, 2.75) is 13.5 Å². The van der Waals surface area contributed by atoms with E-state index in [0.29, 0.717) is 31.3 Å². The number of benzene rings is 3. The number of halogens is 2. The summed E-state index contributed by atoms with van der Waals surface area (Å²) in [6.07, 6.45) is 1.43. The Morgan fingerprint density at radius 2 is 1.80 bits per heavy atom. The minimum absolute atomic E-state index is 0.171. The number of methoxy groups -OCH3 is 1. The molecule has 0 radical (unpaired) electrons. The summed E-state index contributed by atoms with van der Waals surface area (Å²) >= 11 is 8.14. The minimum Gasteiger partial charge on any atom is -0.493 e. The van der Waals surface area contributed by atoms with E-state index in [-0.39, 0.29) is 12.2 Å². The maximum Gasteiger partial charge on any atom is 0.335 e. The van der Waals surface area contributed by atoms with E-state index < -0.39 is 17.8 Å². The number of nitrogens with zero attached hydrogens (tertiary/aromatic N) is 1. The third kappa shape index (κ3) is 5.49. The number of amides is 4. The first-order valence-electron chi connectivity index (χ1n) is 10.5. The normalized spacial score (nSPS) is 14.8. The predicted octanol–water partition coefficient (Wildman–Crippen LogP) is 5.51. The Morgan fingerprint density at radius 1 is 1.06 bits per heavy atom. The Balaban J connectivity index is 1.64. The van der Waals surface area contributed by atoms with Gasteiger partial charge in [0.1, 0.15) is 12.2 Å². The first-order valence-corrected chi connectivity index (χ1v) is 12.0. The Bertz CT molecular complexity index is 1350. The number of hydrogen-bond acceptors (Lipinski definition) is 5. The standard InChI is InChI=1S/C26H20ClIN2O5/c1-15-6-8-19(9-7-15)30-25(32)20(24(31)29-26(30)33)11-17-12-21(28)23(22(13-17)34-2)35-14-16-4-3-5-18(27)10-16/h3-13H,14H2,1-2H3,(H,29,31,33)/b20-11+. The molecule has 0 unspecified atom stereocenters. The van der Waals surface area contributed by atoms with Crippen molar-refractivity contribution in [3.63, 3.8) is 0 Å². The van der Waals surface area contributed by atoms with Crippen LogP contribution in [0.3, 0.4) is 0 Å². The van der Waals surface area contributed by atoms with Crippen LogP contribution in [0.2, 0.25) is 5.02 Å². The number of urea groups is 1.